The molecule has 2 aliphatic heterocycles. The predicted octanol–water partition coefficient (Wildman–Crippen LogP) is 13.9. The summed E-state index contributed by atoms with van der Waals surface area (Å²) in [7, 11) is 0. The first-order chi connectivity index (χ1) is 29.1. The molecule has 8 aromatic carbocycles. The molecule has 0 bridgehead atoms. The summed E-state index contributed by atoms with van der Waals surface area (Å²) in [5.74, 6) is 0. The van der Waals surface area contributed by atoms with Gasteiger partial charge in [-0.2, -0.15) is 0 Å². The number of rotatable bonds is 1. The van der Waals surface area contributed by atoms with Gasteiger partial charge in [-0.3, -0.25) is 0 Å². The molecule has 14 rings (SSSR count). The van der Waals surface area contributed by atoms with Crippen molar-refractivity contribution in [2.24, 2.45) is 0 Å². The molecule has 60 heavy (non-hydrogen) atoms. The molecule has 0 atom stereocenters. The largest absolute Gasteiger partial charge is 0.456 e. The number of furan rings is 1. The number of fused-ring (bicyclic) bond motifs is 17. The van der Waals surface area contributed by atoms with Crippen LogP contribution in [-0.4, -0.2) is 11.4 Å². The van der Waals surface area contributed by atoms with Crippen molar-refractivity contribution in [3.8, 4) is 27.9 Å². The van der Waals surface area contributed by atoms with Crippen molar-refractivity contribution >= 4 is 104 Å². The highest BCUT2D eigenvalue weighted by Gasteiger charge is 2.45. The molecule has 3 nitrogen and oxygen atoms in total. The lowest BCUT2D eigenvalue weighted by Gasteiger charge is -2.42. The Morgan fingerprint density at radius 1 is 0.550 bits per heavy atom. The van der Waals surface area contributed by atoms with Gasteiger partial charge in [-0.15, -0.1) is 11.3 Å². The average molecular weight is 787 g/mol. The van der Waals surface area contributed by atoms with Crippen molar-refractivity contribution in [3.05, 3.63) is 162 Å². The Bertz CT molecular complexity index is 3740. The molecule has 0 fully saturated rings. The van der Waals surface area contributed by atoms with E-state index in [-0.39, 0.29) is 17.7 Å². The summed E-state index contributed by atoms with van der Waals surface area (Å²) in [6.45, 7) is 11.6. The number of para-hydroxylation sites is 1. The van der Waals surface area contributed by atoms with Crippen LogP contribution in [0, 0.1) is 0 Å². The van der Waals surface area contributed by atoms with Crippen LogP contribution in [-0.2, 0) is 10.8 Å². The average Bonchev–Trinajstić information content (AvgIpc) is 3.97. The van der Waals surface area contributed by atoms with E-state index >= 15 is 0 Å². The Labute approximate surface area is 352 Å². The number of hydrogen-bond donors (Lipinski definition) is 0. The SMILES string of the molecule is CC(C)(C)c1ccc(N2B3c4cc5c(cc4-n4c6cc7c(cc6c6ccc(c3c64)-c3cc4oc6ccccc6c4cc32)C(C)(C)c2ccccc2-7)sc2ccccc25)cc1. The highest BCUT2D eigenvalue weighted by molar-refractivity contribution is 7.25. The highest BCUT2D eigenvalue weighted by Crippen LogP contribution is 2.53. The summed E-state index contributed by atoms with van der Waals surface area (Å²) < 4.78 is 11.9. The maximum Gasteiger partial charge on any atom is 0.333 e. The first kappa shape index (κ1) is 33.3. The Hall–Kier alpha value is -6.56. The maximum atomic E-state index is 6.63. The number of anilines is 2. The first-order valence-electron chi connectivity index (χ1n) is 21.2. The van der Waals surface area contributed by atoms with Crippen molar-refractivity contribution < 1.29 is 4.42 Å². The third kappa shape index (κ3) is 4.07. The molecule has 3 aromatic heterocycles. The van der Waals surface area contributed by atoms with Crippen molar-refractivity contribution in [1.29, 1.82) is 0 Å². The van der Waals surface area contributed by atoms with E-state index in [2.05, 4.69) is 190 Å². The number of thiophene rings is 1. The number of hydrogen-bond acceptors (Lipinski definition) is 3. The van der Waals surface area contributed by atoms with Gasteiger partial charge in [-0.25, -0.2) is 0 Å². The van der Waals surface area contributed by atoms with Gasteiger partial charge in [-0.05, 0) is 104 Å². The van der Waals surface area contributed by atoms with Crippen LogP contribution < -0.4 is 15.7 Å². The molecule has 3 aliphatic rings. The molecule has 0 saturated heterocycles. The lowest BCUT2D eigenvalue weighted by atomic mass is 9.44. The molecule has 5 heterocycles. The smallest absolute Gasteiger partial charge is 0.333 e. The van der Waals surface area contributed by atoms with Crippen molar-refractivity contribution in [2.75, 3.05) is 4.81 Å². The fourth-order valence-corrected chi connectivity index (χ4v) is 12.5. The summed E-state index contributed by atoms with van der Waals surface area (Å²) in [6.07, 6.45) is 0. The normalized spacial score (nSPS) is 14.8. The summed E-state index contributed by atoms with van der Waals surface area (Å²) in [6, 6.07) is 55.5. The molecule has 0 radical (unpaired) electrons. The van der Waals surface area contributed by atoms with E-state index < -0.39 is 0 Å². The molecule has 5 heteroatoms. The van der Waals surface area contributed by atoms with E-state index in [1.165, 1.54) is 109 Å². The Morgan fingerprint density at radius 3 is 2.18 bits per heavy atom. The topological polar surface area (TPSA) is 21.3 Å². The molecule has 0 saturated carbocycles. The molecular formula is C55H39BN2OS. The van der Waals surface area contributed by atoms with Crippen LogP contribution in [0.25, 0.3) is 91.9 Å². The molecule has 0 unspecified atom stereocenters. The summed E-state index contributed by atoms with van der Waals surface area (Å²) in [5.41, 5.74) is 20.0. The van der Waals surface area contributed by atoms with Crippen LogP contribution >= 0.6 is 11.3 Å². The summed E-state index contributed by atoms with van der Waals surface area (Å²) >= 11 is 1.91. The van der Waals surface area contributed by atoms with Crippen molar-refractivity contribution in [2.45, 2.75) is 45.4 Å². The van der Waals surface area contributed by atoms with Crippen molar-refractivity contribution in [1.82, 2.24) is 4.57 Å². The molecular weight excluding hydrogens is 747 g/mol. The second-order valence-corrected chi connectivity index (χ2v) is 20.0. The zero-order chi connectivity index (χ0) is 40.0. The van der Waals surface area contributed by atoms with E-state index in [1.807, 2.05) is 11.3 Å². The Balaban J connectivity index is 1.16. The zero-order valence-corrected chi connectivity index (χ0v) is 35.0. The summed E-state index contributed by atoms with van der Waals surface area (Å²) in [5, 5.41) is 7.56. The number of benzene rings is 8. The van der Waals surface area contributed by atoms with E-state index in [9.17, 15) is 0 Å². The van der Waals surface area contributed by atoms with Gasteiger partial charge in [0.2, 0.25) is 0 Å². The molecule has 0 N–H and O–H groups in total. The predicted molar refractivity (Wildman–Crippen MR) is 256 cm³/mol. The molecule has 0 amide bonds. The number of aromatic nitrogens is 1. The minimum atomic E-state index is -0.0977. The lowest BCUT2D eigenvalue weighted by molar-refractivity contribution is 0.590. The van der Waals surface area contributed by atoms with Gasteiger partial charge in [0.15, 0.2) is 0 Å². The summed E-state index contributed by atoms with van der Waals surface area (Å²) in [4.78, 5) is 2.66. The van der Waals surface area contributed by atoms with Gasteiger partial charge in [0.25, 0.3) is 0 Å². The standard InChI is InChI=1S/C55H39BN2OS/c1-54(2,3)30-18-20-31(21-19-30)58-46-27-40-33-13-7-10-16-48(33)59-49(40)28-39(46)35-22-23-36-38-24-43-37(32-12-6-9-15-42(32)55(43,4)5)26-45(38)57-47-29-51-41(34-14-8-11-17-50(34)60-51)25-44(47)56(58)52(35)53(36)57/h6-29H,1-5H3. The Kier molecular flexibility index (Phi) is 6.09. The van der Waals surface area contributed by atoms with Crippen LogP contribution in [0.15, 0.2) is 150 Å². The number of nitrogens with zero attached hydrogens (tertiary/aromatic N) is 2. The molecule has 0 spiro atoms. The van der Waals surface area contributed by atoms with Gasteiger partial charge in [0.1, 0.15) is 11.2 Å². The van der Waals surface area contributed by atoms with Gasteiger partial charge in [0, 0.05) is 69.8 Å². The van der Waals surface area contributed by atoms with Crippen LogP contribution in [0.2, 0.25) is 0 Å². The molecule has 11 aromatic rings. The third-order valence-electron chi connectivity index (χ3n) is 14.3. The maximum absolute atomic E-state index is 6.63. The minimum Gasteiger partial charge on any atom is -0.456 e. The lowest BCUT2D eigenvalue weighted by Crippen LogP contribution is -2.60. The second kappa shape index (κ2) is 11.0. The second-order valence-electron chi connectivity index (χ2n) is 18.9. The third-order valence-corrected chi connectivity index (χ3v) is 15.5. The van der Waals surface area contributed by atoms with Crippen LogP contribution in [0.4, 0.5) is 11.4 Å². The van der Waals surface area contributed by atoms with Gasteiger partial charge in [0.05, 0.1) is 11.0 Å². The van der Waals surface area contributed by atoms with E-state index in [0.29, 0.717) is 0 Å². The van der Waals surface area contributed by atoms with Crippen molar-refractivity contribution in [3.63, 3.8) is 0 Å². The van der Waals surface area contributed by atoms with Gasteiger partial charge < -0.3 is 13.8 Å². The quantitative estimate of drug-likeness (QED) is 0.155. The van der Waals surface area contributed by atoms with Crippen LogP contribution in [0.1, 0.15) is 51.3 Å². The highest BCUT2D eigenvalue weighted by atomic mass is 32.1. The fourth-order valence-electron chi connectivity index (χ4n) is 11.4. The van der Waals surface area contributed by atoms with Crippen LogP contribution in [0.3, 0.4) is 0 Å². The molecule has 284 valence electrons. The Morgan fingerprint density at radius 2 is 1.33 bits per heavy atom. The van der Waals surface area contributed by atoms with E-state index in [1.54, 1.807) is 0 Å². The van der Waals surface area contributed by atoms with E-state index in [4.69, 9.17) is 4.42 Å². The van der Waals surface area contributed by atoms with Crippen LogP contribution in [0.5, 0.6) is 0 Å². The van der Waals surface area contributed by atoms with Gasteiger partial charge >= 0.3 is 6.85 Å². The molecule has 1 aliphatic carbocycles. The van der Waals surface area contributed by atoms with E-state index in [0.717, 1.165) is 21.9 Å². The monoisotopic (exact) mass is 786 g/mol. The van der Waals surface area contributed by atoms with Gasteiger partial charge in [-0.1, -0.05) is 126 Å². The first-order valence-corrected chi connectivity index (χ1v) is 22.0. The zero-order valence-electron chi connectivity index (χ0n) is 34.1. The minimum absolute atomic E-state index is 0.0400. The fraction of sp³-hybridized carbons (Fsp3) is 0.127.